The zero-order valence-corrected chi connectivity index (χ0v) is 15.0. The van der Waals surface area contributed by atoms with Crippen molar-refractivity contribution in [3.63, 3.8) is 0 Å². The summed E-state index contributed by atoms with van der Waals surface area (Å²) in [5.41, 5.74) is 5.17. The highest BCUT2D eigenvalue weighted by atomic mass is 79.9. The minimum Gasteiger partial charge on any atom is -1.00 e. The third-order valence-corrected chi connectivity index (χ3v) is 4.41. The number of aromatic amines is 1. The van der Waals surface area contributed by atoms with Crippen molar-refractivity contribution in [2.24, 2.45) is 0 Å². The molecule has 0 amide bonds. The second-order valence-electron chi connectivity index (χ2n) is 6.35. The predicted molar refractivity (Wildman–Crippen MR) is 83.0 cm³/mol. The van der Waals surface area contributed by atoms with Gasteiger partial charge in [0.25, 0.3) is 0 Å². The maximum atomic E-state index is 11.8. The molecule has 2 aromatic rings. The van der Waals surface area contributed by atoms with Crippen molar-refractivity contribution in [3.05, 3.63) is 35.0 Å². The van der Waals surface area contributed by atoms with E-state index in [0.29, 0.717) is 13.2 Å². The van der Waals surface area contributed by atoms with E-state index in [4.69, 9.17) is 4.74 Å². The zero-order valence-electron chi connectivity index (χ0n) is 13.4. The third kappa shape index (κ3) is 3.20. The van der Waals surface area contributed by atoms with Crippen molar-refractivity contribution in [2.75, 3.05) is 26.7 Å². The molecule has 120 valence electrons. The Kier molecular flexibility index (Phi) is 4.97. The summed E-state index contributed by atoms with van der Waals surface area (Å²) in [7, 11) is 2.15. The van der Waals surface area contributed by atoms with Crippen LogP contribution < -0.4 is 17.0 Å². The van der Waals surface area contributed by atoms with E-state index in [0.717, 1.165) is 24.0 Å². The number of H-pyrrole nitrogens is 1. The lowest BCUT2D eigenvalue weighted by Gasteiger charge is -2.36. The highest BCUT2D eigenvalue weighted by molar-refractivity contribution is 5.85. The van der Waals surface area contributed by atoms with E-state index in [1.165, 1.54) is 27.7 Å². The molecule has 22 heavy (non-hydrogen) atoms. The van der Waals surface area contributed by atoms with Gasteiger partial charge in [0, 0.05) is 28.6 Å². The van der Waals surface area contributed by atoms with Gasteiger partial charge in [-0.3, -0.25) is 0 Å². The van der Waals surface area contributed by atoms with Crippen LogP contribution >= 0.6 is 0 Å². The molecule has 0 bridgehead atoms. The van der Waals surface area contributed by atoms with Crippen LogP contribution in [0.15, 0.2) is 18.2 Å². The van der Waals surface area contributed by atoms with Crippen molar-refractivity contribution in [1.82, 2.24) is 4.98 Å². The first-order valence-corrected chi connectivity index (χ1v) is 7.60. The lowest BCUT2D eigenvalue weighted by Crippen LogP contribution is -3.00. The molecule has 5 heteroatoms. The topological polar surface area (TPSA) is 42.1 Å². The van der Waals surface area contributed by atoms with E-state index in [1.807, 2.05) is 6.92 Å². The lowest BCUT2D eigenvalue weighted by molar-refractivity contribution is -0.917. The number of likely N-dealkylation sites (N-methyl/N-ethyl adjacent to an activating group) is 1. The van der Waals surface area contributed by atoms with Crippen LogP contribution in [0.25, 0.3) is 10.9 Å². The summed E-state index contributed by atoms with van der Waals surface area (Å²) >= 11 is 0. The highest BCUT2D eigenvalue weighted by Crippen LogP contribution is 2.31. The van der Waals surface area contributed by atoms with Gasteiger partial charge in [0.05, 0.1) is 20.2 Å². The summed E-state index contributed by atoms with van der Waals surface area (Å²) < 4.78 is 5.85. The summed E-state index contributed by atoms with van der Waals surface area (Å²) in [6, 6.07) is 6.53. The van der Waals surface area contributed by atoms with Crippen LogP contribution in [-0.2, 0) is 22.5 Å². The molecule has 0 saturated heterocycles. The SMILES string of the molecule is CCOC(=O)C[N+]1(C)CCc2[nH]c3ccc(C)cc3c2C1.[Br-]. The summed E-state index contributed by atoms with van der Waals surface area (Å²) in [5, 5.41) is 1.30. The molecule has 1 atom stereocenters. The number of rotatable bonds is 3. The van der Waals surface area contributed by atoms with E-state index in [9.17, 15) is 4.79 Å². The molecule has 3 rings (SSSR count). The third-order valence-electron chi connectivity index (χ3n) is 4.41. The van der Waals surface area contributed by atoms with Crippen LogP contribution in [-0.4, -0.2) is 42.2 Å². The number of benzene rings is 1. The molecule has 1 aliphatic rings. The fourth-order valence-corrected chi connectivity index (χ4v) is 3.31. The van der Waals surface area contributed by atoms with Gasteiger partial charge < -0.3 is 31.2 Å². The molecule has 0 radical (unpaired) electrons. The maximum Gasteiger partial charge on any atom is 0.361 e. The van der Waals surface area contributed by atoms with Crippen molar-refractivity contribution in [1.29, 1.82) is 0 Å². The van der Waals surface area contributed by atoms with Gasteiger partial charge in [-0.2, -0.15) is 0 Å². The van der Waals surface area contributed by atoms with Gasteiger partial charge in [-0.15, -0.1) is 0 Å². The molecule has 1 aliphatic heterocycles. The summed E-state index contributed by atoms with van der Waals surface area (Å²) in [5.74, 6) is -0.0977. The highest BCUT2D eigenvalue weighted by Gasteiger charge is 2.33. The van der Waals surface area contributed by atoms with Crippen molar-refractivity contribution in [3.8, 4) is 0 Å². The molecule has 0 saturated carbocycles. The average molecular weight is 367 g/mol. The molecule has 1 aromatic heterocycles. The van der Waals surface area contributed by atoms with Gasteiger partial charge in [-0.25, -0.2) is 4.79 Å². The van der Waals surface area contributed by atoms with Gasteiger partial charge >= 0.3 is 5.97 Å². The van der Waals surface area contributed by atoms with Crippen LogP contribution in [0.4, 0.5) is 0 Å². The average Bonchev–Trinajstić information content (AvgIpc) is 2.76. The first kappa shape index (κ1) is 17.0. The Morgan fingerprint density at radius 1 is 1.41 bits per heavy atom. The first-order valence-electron chi connectivity index (χ1n) is 7.60. The number of carbonyl (C=O) groups excluding carboxylic acids is 1. The zero-order chi connectivity index (χ0) is 15.0. The summed E-state index contributed by atoms with van der Waals surface area (Å²) in [6.45, 7) is 6.74. The molecule has 1 unspecified atom stereocenters. The maximum absolute atomic E-state index is 11.8. The number of aromatic nitrogens is 1. The van der Waals surface area contributed by atoms with Gasteiger partial charge in [0.2, 0.25) is 0 Å². The molecule has 4 nitrogen and oxygen atoms in total. The van der Waals surface area contributed by atoms with Crippen molar-refractivity contribution >= 4 is 16.9 Å². The number of aryl methyl sites for hydroxylation is 1. The number of esters is 1. The van der Waals surface area contributed by atoms with Gasteiger partial charge in [-0.05, 0) is 26.0 Å². The normalized spacial score (nSPS) is 20.3. The standard InChI is InChI=1S/C17H23N2O2.BrH/c1-4-21-17(20)11-19(3)8-7-16-14(10-19)13-9-12(2)5-6-15(13)18-16;/h5-6,9,18H,4,7-8,10-11H2,1-3H3;1H/q+1;/p-1. The van der Waals surface area contributed by atoms with E-state index in [1.54, 1.807) is 0 Å². The number of halogens is 1. The number of quaternary nitrogens is 1. The van der Waals surface area contributed by atoms with E-state index >= 15 is 0 Å². The molecule has 1 aromatic carbocycles. The largest absolute Gasteiger partial charge is 1.00 e. The van der Waals surface area contributed by atoms with Gasteiger partial charge in [0.15, 0.2) is 6.54 Å². The Morgan fingerprint density at radius 2 is 2.18 bits per heavy atom. The number of carbonyl (C=O) groups is 1. The number of hydrogen-bond donors (Lipinski definition) is 1. The molecular formula is C17H23BrN2O2. The number of nitrogens with zero attached hydrogens (tertiary/aromatic N) is 1. The Hall–Kier alpha value is -1.33. The number of ether oxygens (including phenoxy) is 1. The first-order chi connectivity index (χ1) is 10.0. The van der Waals surface area contributed by atoms with Crippen LogP contribution in [0, 0.1) is 6.92 Å². The quantitative estimate of drug-likeness (QED) is 0.590. The predicted octanol–water partition coefficient (Wildman–Crippen LogP) is -0.454. The van der Waals surface area contributed by atoms with Crippen LogP contribution in [0.1, 0.15) is 23.7 Å². The fraction of sp³-hybridized carbons (Fsp3) is 0.471. The Labute approximate surface area is 141 Å². The second-order valence-corrected chi connectivity index (χ2v) is 6.35. The lowest BCUT2D eigenvalue weighted by atomic mass is 10.0. The number of hydrogen-bond acceptors (Lipinski definition) is 2. The Balaban J connectivity index is 0.00000176. The summed E-state index contributed by atoms with van der Waals surface area (Å²) in [6.07, 6.45) is 0.985. The minimum absolute atomic E-state index is 0. The molecule has 1 N–H and O–H groups in total. The van der Waals surface area contributed by atoms with Gasteiger partial charge in [-0.1, -0.05) is 11.6 Å². The minimum atomic E-state index is -0.0977. The summed E-state index contributed by atoms with van der Waals surface area (Å²) in [4.78, 5) is 15.4. The number of fused-ring (bicyclic) bond motifs is 3. The molecule has 0 fully saturated rings. The van der Waals surface area contributed by atoms with E-state index < -0.39 is 0 Å². The van der Waals surface area contributed by atoms with Crippen LogP contribution in [0.2, 0.25) is 0 Å². The Bertz CT molecular complexity index is 695. The van der Waals surface area contributed by atoms with Crippen LogP contribution in [0.5, 0.6) is 0 Å². The molecule has 0 spiro atoms. The van der Waals surface area contributed by atoms with Crippen molar-refractivity contribution in [2.45, 2.75) is 26.8 Å². The van der Waals surface area contributed by atoms with Gasteiger partial charge in [0.1, 0.15) is 6.54 Å². The fourth-order valence-electron chi connectivity index (χ4n) is 3.31. The monoisotopic (exact) mass is 366 g/mol. The van der Waals surface area contributed by atoms with E-state index in [2.05, 4.69) is 37.2 Å². The second kappa shape index (κ2) is 6.42. The smallest absolute Gasteiger partial charge is 0.361 e. The molecule has 2 heterocycles. The molecule has 0 aliphatic carbocycles. The molecular weight excluding hydrogens is 344 g/mol. The van der Waals surface area contributed by atoms with E-state index in [-0.39, 0.29) is 23.0 Å². The Morgan fingerprint density at radius 3 is 2.91 bits per heavy atom. The van der Waals surface area contributed by atoms with Crippen molar-refractivity contribution < 1.29 is 31.0 Å². The number of nitrogens with one attached hydrogen (secondary N) is 1. The van der Waals surface area contributed by atoms with Crippen LogP contribution in [0.3, 0.4) is 0 Å².